The molecule has 19 heavy (non-hydrogen) atoms. The standard InChI is InChI=1S/C13H23N5O/c1-2-18-10-16-17-12(18)9-15-13(19)4-3-11-5-7-14-8-6-11/h10-11,14H,2-9H2,1H3,(H,15,19). The predicted octanol–water partition coefficient (Wildman–Crippen LogP) is 0.694. The van der Waals surface area contributed by atoms with Gasteiger partial charge in [0.25, 0.3) is 0 Å². The quantitative estimate of drug-likeness (QED) is 0.794. The maximum atomic E-state index is 11.8. The number of carbonyl (C=O) groups is 1. The topological polar surface area (TPSA) is 71.8 Å². The Labute approximate surface area is 114 Å². The van der Waals surface area contributed by atoms with E-state index in [1.54, 1.807) is 6.33 Å². The van der Waals surface area contributed by atoms with E-state index in [-0.39, 0.29) is 5.91 Å². The number of rotatable bonds is 6. The summed E-state index contributed by atoms with van der Waals surface area (Å²) < 4.78 is 1.94. The van der Waals surface area contributed by atoms with Crippen LogP contribution in [0.4, 0.5) is 0 Å². The molecule has 1 aliphatic rings. The molecule has 106 valence electrons. The average molecular weight is 265 g/mol. The SMILES string of the molecule is CCn1cnnc1CNC(=O)CCC1CCNCC1. The third-order valence-corrected chi connectivity index (χ3v) is 3.72. The summed E-state index contributed by atoms with van der Waals surface area (Å²) in [4.78, 5) is 11.8. The number of amides is 1. The molecule has 0 unspecified atom stereocenters. The van der Waals surface area contributed by atoms with Crippen LogP contribution in [0.25, 0.3) is 0 Å². The second-order valence-corrected chi connectivity index (χ2v) is 5.04. The number of aromatic nitrogens is 3. The fraction of sp³-hybridized carbons (Fsp3) is 0.769. The number of hydrogen-bond acceptors (Lipinski definition) is 4. The molecule has 6 heteroatoms. The lowest BCUT2D eigenvalue weighted by Crippen LogP contribution is -2.29. The lowest BCUT2D eigenvalue weighted by molar-refractivity contribution is -0.121. The zero-order chi connectivity index (χ0) is 13.5. The summed E-state index contributed by atoms with van der Waals surface area (Å²) in [5.41, 5.74) is 0. The minimum absolute atomic E-state index is 0.115. The van der Waals surface area contributed by atoms with E-state index in [9.17, 15) is 4.79 Å². The first-order valence-electron chi connectivity index (χ1n) is 7.13. The number of carbonyl (C=O) groups excluding carboxylic acids is 1. The molecular formula is C13H23N5O. The molecule has 1 aromatic heterocycles. The summed E-state index contributed by atoms with van der Waals surface area (Å²) in [6.45, 7) is 5.51. The molecule has 0 saturated carbocycles. The van der Waals surface area contributed by atoms with Gasteiger partial charge >= 0.3 is 0 Å². The molecule has 2 rings (SSSR count). The second kappa shape index (κ2) is 7.23. The number of aryl methyl sites for hydroxylation is 1. The molecule has 6 nitrogen and oxygen atoms in total. The van der Waals surface area contributed by atoms with Gasteiger partial charge in [-0.3, -0.25) is 4.79 Å². The summed E-state index contributed by atoms with van der Waals surface area (Å²) in [6, 6.07) is 0. The molecule has 1 aromatic rings. The van der Waals surface area contributed by atoms with Crippen LogP contribution < -0.4 is 10.6 Å². The van der Waals surface area contributed by atoms with Gasteiger partial charge in [-0.2, -0.15) is 0 Å². The van der Waals surface area contributed by atoms with Crippen molar-refractivity contribution in [2.24, 2.45) is 5.92 Å². The third-order valence-electron chi connectivity index (χ3n) is 3.72. The Bertz CT molecular complexity index is 397. The van der Waals surface area contributed by atoms with Crippen LogP contribution in [0.3, 0.4) is 0 Å². The van der Waals surface area contributed by atoms with Crippen LogP contribution in [0, 0.1) is 5.92 Å². The highest BCUT2D eigenvalue weighted by Gasteiger charge is 2.14. The maximum Gasteiger partial charge on any atom is 0.220 e. The predicted molar refractivity (Wildman–Crippen MR) is 72.4 cm³/mol. The van der Waals surface area contributed by atoms with E-state index in [0.29, 0.717) is 18.9 Å². The van der Waals surface area contributed by atoms with Gasteiger partial charge in [0.1, 0.15) is 6.33 Å². The van der Waals surface area contributed by atoms with Crippen molar-refractivity contribution in [2.75, 3.05) is 13.1 Å². The van der Waals surface area contributed by atoms with Crippen molar-refractivity contribution in [1.29, 1.82) is 0 Å². The van der Waals surface area contributed by atoms with Crippen LogP contribution in [0.1, 0.15) is 38.4 Å². The molecule has 0 radical (unpaired) electrons. The van der Waals surface area contributed by atoms with Gasteiger partial charge in [-0.1, -0.05) is 0 Å². The van der Waals surface area contributed by atoms with Crippen LogP contribution in [0.5, 0.6) is 0 Å². The Morgan fingerprint density at radius 1 is 1.53 bits per heavy atom. The van der Waals surface area contributed by atoms with Crippen LogP contribution in [0.2, 0.25) is 0 Å². The van der Waals surface area contributed by atoms with Gasteiger partial charge in [0, 0.05) is 13.0 Å². The smallest absolute Gasteiger partial charge is 0.220 e. The molecule has 0 atom stereocenters. The van der Waals surface area contributed by atoms with Gasteiger partial charge in [0.05, 0.1) is 6.54 Å². The molecule has 0 bridgehead atoms. The highest BCUT2D eigenvalue weighted by Crippen LogP contribution is 2.17. The molecule has 1 aliphatic heterocycles. The van der Waals surface area contributed by atoms with E-state index < -0.39 is 0 Å². The highest BCUT2D eigenvalue weighted by molar-refractivity contribution is 5.75. The van der Waals surface area contributed by atoms with Crippen molar-refractivity contribution in [3.63, 3.8) is 0 Å². The first-order valence-corrected chi connectivity index (χ1v) is 7.13. The Kier molecular flexibility index (Phi) is 5.32. The number of nitrogens with zero attached hydrogens (tertiary/aromatic N) is 3. The van der Waals surface area contributed by atoms with E-state index >= 15 is 0 Å². The van der Waals surface area contributed by atoms with Crippen molar-refractivity contribution in [3.05, 3.63) is 12.2 Å². The summed E-state index contributed by atoms with van der Waals surface area (Å²) >= 11 is 0. The van der Waals surface area contributed by atoms with Crippen molar-refractivity contribution in [1.82, 2.24) is 25.4 Å². The fourth-order valence-electron chi connectivity index (χ4n) is 2.45. The normalized spacial score (nSPS) is 16.5. The Balaban J connectivity index is 1.66. The fourth-order valence-corrected chi connectivity index (χ4v) is 2.45. The second-order valence-electron chi connectivity index (χ2n) is 5.04. The van der Waals surface area contributed by atoms with Gasteiger partial charge in [0.2, 0.25) is 5.91 Å². The summed E-state index contributed by atoms with van der Waals surface area (Å²) in [6.07, 6.45) is 5.68. The molecule has 0 aromatic carbocycles. The molecule has 1 saturated heterocycles. The van der Waals surface area contributed by atoms with Crippen LogP contribution in [-0.4, -0.2) is 33.8 Å². The van der Waals surface area contributed by atoms with Gasteiger partial charge in [-0.05, 0) is 45.2 Å². The zero-order valence-corrected chi connectivity index (χ0v) is 11.6. The summed E-state index contributed by atoms with van der Waals surface area (Å²) in [7, 11) is 0. The van der Waals surface area contributed by atoms with Crippen molar-refractivity contribution in [2.45, 2.75) is 45.7 Å². The molecule has 0 aliphatic carbocycles. The Hall–Kier alpha value is -1.43. The zero-order valence-electron chi connectivity index (χ0n) is 11.6. The van der Waals surface area contributed by atoms with Gasteiger partial charge in [0.15, 0.2) is 5.82 Å². The van der Waals surface area contributed by atoms with Crippen LogP contribution >= 0.6 is 0 Å². The average Bonchev–Trinajstić information content (AvgIpc) is 2.91. The van der Waals surface area contributed by atoms with Gasteiger partial charge in [-0.25, -0.2) is 0 Å². The van der Waals surface area contributed by atoms with Crippen molar-refractivity contribution in [3.8, 4) is 0 Å². The lowest BCUT2D eigenvalue weighted by Gasteiger charge is -2.22. The van der Waals surface area contributed by atoms with E-state index in [4.69, 9.17) is 0 Å². The molecular weight excluding hydrogens is 242 g/mol. The molecule has 2 N–H and O–H groups in total. The maximum absolute atomic E-state index is 11.8. The van der Waals surface area contributed by atoms with E-state index in [0.717, 1.165) is 31.9 Å². The first-order chi connectivity index (χ1) is 9.29. The van der Waals surface area contributed by atoms with E-state index in [2.05, 4.69) is 20.8 Å². The van der Waals surface area contributed by atoms with E-state index in [1.165, 1.54) is 12.8 Å². The van der Waals surface area contributed by atoms with Crippen LogP contribution in [-0.2, 0) is 17.9 Å². The molecule has 0 spiro atoms. The number of piperidine rings is 1. The Morgan fingerprint density at radius 3 is 3.05 bits per heavy atom. The largest absolute Gasteiger partial charge is 0.349 e. The Morgan fingerprint density at radius 2 is 2.32 bits per heavy atom. The minimum atomic E-state index is 0.115. The third kappa shape index (κ3) is 4.31. The van der Waals surface area contributed by atoms with Gasteiger partial charge in [-0.15, -0.1) is 10.2 Å². The molecule has 2 heterocycles. The van der Waals surface area contributed by atoms with Crippen molar-refractivity contribution >= 4 is 5.91 Å². The molecule has 1 fully saturated rings. The van der Waals surface area contributed by atoms with Crippen molar-refractivity contribution < 1.29 is 4.79 Å². The summed E-state index contributed by atoms with van der Waals surface area (Å²) in [5.74, 6) is 1.63. The summed E-state index contributed by atoms with van der Waals surface area (Å²) in [5, 5.41) is 14.1. The van der Waals surface area contributed by atoms with Crippen LogP contribution in [0.15, 0.2) is 6.33 Å². The monoisotopic (exact) mass is 265 g/mol. The minimum Gasteiger partial charge on any atom is -0.349 e. The van der Waals surface area contributed by atoms with E-state index in [1.807, 2.05) is 11.5 Å². The number of hydrogen-bond donors (Lipinski definition) is 2. The van der Waals surface area contributed by atoms with Gasteiger partial charge < -0.3 is 15.2 Å². The highest BCUT2D eigenvalue weighted by atomic mass is 16.1. The number of nitrogens with one attached hydrogen (secondary N) is 2. The molecule has 1 amide bonds. The first kappa shape index (κ1) is 14.0. The lowest BCUT2D eigenvalue weighted by atomic mass is 9.93.